The Bertz CT molecular complexity index is 614. The molecule has 0 spiro atoms. The SMILES string of the molecule is O=C1C(=NO)Cc2cc(-c3cccs3)ccc21. The van der Waals surface area contributed by atoms with E-state index in [1.165, 1.54) is 4.88 Å². The molecule has 2 aromatic rings. The zero-order valence-electron chi connectivity index (χ0n) is 8.88. The summed E-state index contributed by atoms with van der Waals surface area (Å²) in [6, 6.07) is 9.79. The Balaban J connectivity index is 2.09. The second-order valence-electron chi connectivity index (χ2n) is 3.90. The number of oxime groups is 1. The molecular weight excluding hydrogens is 234 g/mol. The van der Waals surface area contributed by atoms with Gasteiger partial charge in [0.25, 0.3) is 0 Å². The van der Waals surface area contributed by atoms with Gasteiger partial charge >= 0.3 is 0 Å². The van der Waals surface area contributed by atoms with Gasteiger partial charge in [-0.3, -0.25) is 4.79 Å². The lowest BCUT2D eigenvalue weighted by Crippen LogP contribution is -2.06. The maximum atomic E-state index is 11.7. The van der Waals surface area contributed by atoms with Gasteiger partial charge < -0.3 is 5.21 Å². The lowest BCUT2D eigenvalue weighted by atomic mass is 10.1. The highest BCUT2D eigenvalue weighted by Gasteiger charge is 2.27. The molecule has 1 aliphatic carbocycles. The van der Waals surface area contributed by atoms with E-state index < -0.39 is 0 Å². The minimum absolute atomic E-state index is 0.166. The van der Waals surface area contributed by atoms with E-state index in [4.69, 9.17) is 5.21 Å². The number of Topliss-reactive ketones (excluding diaryl/α,β-unsaturated/α-hetero) is 1. The summed E-state index contributed by atoms with van der Waals surface area (Å²) in [4.78, 5) is 12.9. The smallest absolute Gasteiger partial charge is 0.211 e. The maximum absolute atomic E-state index is 11.7. The first-order valence-electron chi connectivity index (χ1n) is 5.22. The molecule has 17 heavy (non-hydrogen) atoms. The second-order valence-corrected chi connectivity index (χ2v) is 4.85. The first-order chi connectivity index (χ1) is 8.29. The molecule has 84 valence electrons. The minimum atomic E-state index is -0.166. The zero-order valence-corrected chi connectivity index (χ0v) is 9.70. The van der Waals surface area contributed by atoms with Crippen LogP contribution >= 0.6 is 11.3 Å². The molecule has 1 aliphatic rings. The third-order valence-electron chi connectivity index (χ3n) is 2.90. The molecule has 0 amide bonds. The van der Waals surface area contributed by atoms with Gasteiger partial charge in [-0.05, 0) is 28.6 Å². The predicted molar refractivity (Wildman–Crippen MR) is 67.0 cm³/mol. The molecule has 3 rings (SSSR count). The fourth-order valence-corrected chi connectivity index (χ4v) is 2.78. The van der Waals surface area contributed by atoms with Crippen molar-refractivity contribution < 1.29 is 10.0 Å². The number of carbonyl (C=O) groups is 1. The summed E-state index contributed by atoms with van der Waals surface area (Å²) in [5, 5.41) is 13.8. The molecule has 0 saturated heterocycles. The van der Waals surface area contributed by atoms with Gasteiger partial charge in [0, 0.05) is 16.9 Å². The van der Waals surface area contributed by atoms with Gasteiger partial charge in [0.1, 0.15) is 5.71 Å². The van der Waals surface area contributed by atoms with E-state index in [9.17, 15) is 4.79 Å². The van der Waals surface area contributed by atoms with Crippen molar-refractivity contribution in [1.82, 2.24) is 0 Å². The van der Waals surface area contributed by atoms with Crippen LogP contribution in [0, 0.1) is 0 Å². The van der Waals surface area contributed by atoms with Crippen LogP contribution in [0.1, 0.15) is 15.9 Å². The van der Waals surface area contributed by atoms with Crippen molar-refractivity contribution in [2.24, 2.45) is 5.16 Å². The van der Waals surface area contributed by atoms with Crippen molar-refractivity contribution >= 4 is 22.8 Å². The third kappa shape index (κ3) is 1.57. The summed E-state index contributed by atoms with van der Waals surface area (Å²) in [6.45, 7) is 0. The number of rotatable bonds is 1. The molecule has 4 heteroatoms. The molecule has 0 atom stereocenters. The van der Waals surface area contributed by atoms with Crippen LogP contribution in [0.3, 0.4) is 0 Å². The van der Waals surface area contributed by atoms with E-state index in [0.29, 0.717) is 12.0 Å². The van der Waals surface area contributed by atoms with Crippen molar-refractivity contribution in [3.63, 3.8) is 0 Å². The minimum Gasteiger partial charge on any atom is -0.411 e. The number of thiophene rings is 1. The van der Waals surface area contributed by atoms with Gasteiger partial charge in [-0.1, -0.05) is 23.4 Å². The second kappa shape index (κ2) is 3.82. The molecule has 0 bridgehead atoms. The third-order valence-corrected chi connectivity index (χ3v) is 3.82. The number of fused-ring (bicyclic) bond motifs is 1. The van der Waals surface area contributed by atoms with Crippen LogP contribution in [0.4, 0.5) is 0 Å². The Hall–Kier alpha value is -1.94. The van der Waals surface area contributed by atoms with Crippen LogP contribution in [0.5, 0.6) is 0 Å². The molecule has 0 saturated carbocycles. The van der Waals surface area contributed by atoms with E-state index in [1.807, 2.05) is 35.7 Å². The normalized spacial score (nSPS) is 16.5. The Morgan fingerprint density at radius 2 is 2.18 bits per heavy atom. The molecule has 1 aromatic carbocycles. The molecule has 0 aliphatic heterocycles. The van der Waals surface area contributed by atoms with E-state index >= 15 is 0 Å². The number of carbonyl (C=O) groups excluding carboxylic acids is 1. The van der Waals surface area contributed by atoms with E-state index in [1.54, 1.807) is 11.3 Å². The van der Waals surface area contributed by atoms with Crippen molar-refractivity contribution in [3.05, 3.63) is 46.8 Å². The number of benzene rings is 1. The van der Waals surface area contributed by atoms with Crippen molar-refractivity contribution in [3.8, 4) is 10.4 Å². The molecular formula is C13H9NO2S. The van der Waals surface area contributed by atoms with Crippen LogP contribution in [0.25, 0.3) is 10.4 Å². The monoisotopic (exact) mass is 243 g/mol. The average molecular weight is 243 g/mol. The number of hydrogen-bond acceptors (Lipinski definition) is 4. The van der Waals surface area contributed by atoms with E-state index in [2.05, 4.69) is 5.16 Å². The Kier molecular flexibility index (Phi) is 2.30. The van der Waals surface area contributed by atoms with Crippen molar-refractivity contribution in [1.29, 1.82) is 0 Å². The number of nitrogens with zero attached hydrogens (tertiary/aromatic N) is 1. The van der Waals surface area contributed by atoms with Crippen LogP contribution in [-0.2, 0) is 6.42 Å². The molecule has 1 aromatic heterocycles. The first kappa shape index (κ1) is 10.2. The van der Waals surface area contributed by atoms with E-state index in [0.717, 1.165) is 11.1 Å². The molecule has 0 fully saturated rings. The largest absolute Gasteiger partial charge is 0.411 e. The standard InChI is InChI=1S/C13H9NO2S/c15-13-10-4-3-8(12-2-1-5-17-12)6-9(10)7-11(13)14-16/h1-6,16H,7H2. The maximum Gasteiger partial charge on any atom is 0.211 e. The summed E-state index contributed by atoms with van der Waals surface area (Å²) in [6.07, 6.45) is 0.421. The molecule has 1 N–H and O–H groups in total. The Morgan fingerprint density at radius 3 is 2.88 bits per heavy atom. The Morgan fingerprint density at radius 1 is 1.29 bits per heavy atom. The molecule has 3 nitrogen and oxygen atoms in total. The van der Waals surface area contributed by atoms with Crippen LogP contribution in [0.2, 0.25) is 0 Å². The lowest BCUT2D eigenvalue weighted by Gasteiger charge is -2.00. The predicted octanol–water partition coefficient (Wildman–Crippen LogP) is 2.98. The fourth-order valence-electron chi connectivity index (χ4n) is 2.05. The van der Waals surface area contributed by atoms with Crippen molar-refractivity contribution in [2.45, 2.75) is 6.42 Å². The highest BCUT2D eigenvalue weighted by molar-refractivity contribution is 7.13. The number of hydrogen-bond donors (Lipinski definition) is 1. The van der Waals surface area contributed by atoms with Gasteiger partial charge in [-0.2, -0.15) is 0 Å². The molecule has 0 radical (unpaired) electrons. The van der Waals surface area contributed by atoms with Gasteiger partial charge in [-0.15, -0.1) is 11.3 Å². The van der Waals surface area contributed by atoms with E-state index in [-0.39, 0.29) is 11.5 Å². The quantitative estimate of drug-likeness (QED) is 0.618. The lowest BCUT2D eigenvalue weighted by molar-refractivity contribution is 0.106. The fraction of sp³-hybridized carbons (Fsp3) is 0.0769. The molecule has 1 heterocycles. The molecule has 0 unspecified atom stereocenters. The number of ketones is 1. The van der Waals surface area contributed by atoms with Gasteiger partial charge in [0.2, 0.25) is 5.78 Å². The summed E-state index contributed by atoms with van der Waals surface area (Å²) in [5.41, 5.74) is 2.92. The average Bonchev–Trinajstić information content (AvgIpc) is 2.97. The summed E-state index contributed by atoms with van der Waals surface area (Å²) in [7, 11) is 0. The van der Waals surface area contributed by atoms with Gasteiger partial charge in [-0.25, -0.2) is 0 Å². The Labute approximate surface area is 102 Å². The van der Waals surface area contributed by atoms with Crippen LogP contribution in [0.15, 0.2) is 40.9 Å². The summed E-state index contributed by atoms with van der Waals surface area (Å²) >= 11 is 1.66. The van der Waals surface area contributed by atoms with Gasteiger partial charge in [0.15, 0.2) is 0 Å². The topological polar surface area (TPSA) is 49.7 Å². The van der Waals surface area contributed by atoms with Crippen LogP contribution in [-0.4, -0.2) is 16.7 Å². The van der Waals surface area contributed by atoms with Gasteiger partial charge in [0.05, 0.1) is 0 Å². The highest BCUT2D eigenvalue weighted by Crippen LogP contribution is 2.29. The first-order valence-corrected chi connectivity index (χ1v) is 6.10. The highest BCUT2D eigenvalue weighted by atomic mass is 32.1. The summed E-state index contributed by atoms with van der Waals surface area (Å²) < 4.78 is 0. The van der Waals surface area contributed by atoms with Crippen molar-refractivity contribution in [2.75, 3.05) is 0 Å². The zero-order chi connectivity index (χ0) is 11.8. The summed E-state index contributed by atoms with van der Waals surface area (Å²) in [5.74, 6) is -0.166. The van der Waals surface area contributed by atoms with Crippen LogP contribution < -0.4 is 0 Å².